The smallest absolute Gasteiger partial charge is 0.327 e. The molecule has 2 unspecified atom stereocenters. The molecule has 2 saturated carbocycles. The van der Waals surface area contributed by atoms with E-state index in [1.807, 2.05) is 24.3 Å². The van der Waals surface area contributed by atoms with Crippen LogP contribution >= 0.6 is 0 Å². The van der Waals surface area contributed by atoms with Gasteiger partial charge in [0.25, 0.3) is 24.7 Å². The van der Waals surface area contributed by atoms with Crippen molar-refractivity contribution in [3.05, 3.63) is 140 Å². The minimum absolute atomic E-state index is 0. The average Bonchev–Trinajstić information content (AvgIpc) is 1.61. The fraction of sp³-hybridized carbons (Fsp3) is 0.494. The van der Waals surface area contributed by atoms with E-state index in [0.29, 0.717) is 82.4 Å². The maximum absolute atomic E-state index is 14.2. The van der Waals surface area contributed by atoms with Crippen LogP contribution < -0.4 is 47.8 Å². The van der Waals surface area contributed by atoms with Crippen LogP contribution in [-0.4, -0.2) is 192 Å². The Morgan fingerprint density at radius 2 is 1.05 bits per heavy atom. The molecule has 0 spiro atoms. The first kappa shape index (κ1) is 82.2. The SMILES string of the molecule is C.C.CN(CCCC#Cc1cccc2c1[nH]c(=O)n2C1CCC(=O)NC1=O)CC1CCC(n2cc(NC(=O)c3cnn4ccc(N5C[C@H]6C[C@@H]5CO6)nc34)c(C(F)F)n2)CC1.O=C1CCC(n2c(=O)[nH]c3c(C#CCCCNCC4CCC(n5cc(NC(=O)c6cnn7ccc(N8C[C@H]9C[C@@H]8CO9)nc67)c(C(F)F)n5)CC4)cccc32)C(=O)N1. The number of halogens is 4. The van der Waals surface area contributed by atoms with E-state index in [0.717, 1.165) is 128 Å². The molecule has 6 saturated heterocycles. The molecule has 8 aliphatic rings. The van der Waals surface area contributed by atoms with E-state index >= 15 is 0 Å². The summed E-state index contributed by atoms with van der Waals surface area (Å²) in [5.74, 6) is 12.3. The predicted octanol–water partition coefficient (Wildman–Crippen LogP) is 9.35. The summed E-state index contributed by atoms with van der Waals surface area (Å²) < 4.78 is 77.3. The molecule has 7 N–H and O–H groups in total. The number of aromatic nitrogens is 14. The number of H-pyrrole nitrogens is 2. The Hall–Kier alpha value is -11.9. The maximum Gasteiger partial charge on any atom is 0.327 e. The number of anilines is 4. The third kappa shape index (κ3) is 17.3. The minimum Gasteiger partial charge on any atom is -0.374 e. The lowest BCUT2D eigenvalue weighted by molar-refractivity contribution is -0.137. The summed E-state index contributed by atoms with van der Waals surface area (Å²) in [4.78, 5) is 123. The number of ether oxygens (including phenoxy) is 2. The molecule has 626 valence electrons. The molecule has 2 aliphatic carbocycles. The molecule has 36 heteroatoms. The second-order valence-corrected chi connectivity index (χ2v) is 31.6. The number of nitrogens with zero attached hydrogens (tertiary/aromatic N) is 15. The van der Waals surface area contributed by atoms with Gasteiger partial charge in [0.1, 0.15) is 34.8 Å². The zero-order valence-electron chi connectivity index (χ0n) is 64.2. The van der Waals surface area contributed by atoms with Gasteiger partial charge in [-0.1, -0.05) is 50.7 Å². The first-order chi connectivity index (χ1) is 56.8. The van der Waals surface area contributed by atoms with Gasteiger partial charge in [-0.05, 0) is 165 Å². The van der Waals surface area contributed by atoms with Gasteiger partial charge in [-0.3, -0.25) is 57.9 Å². The molecule has 8 fully saturated rings. The van der Waals surface area contributed by atoms with Crippen LogP contribution in [0.5, 0.6) is 0 Å². The fourth-order valence-electron chi connectivity index (χ4n) is 17.9. The number of piperidine rings is 2. The van der Waals surface area contributed by atoms with Crippen molar-refractivity contribution in [2.24, 2.45) is 11.8 Å². The van der Waals surface area contributed by atoms with Gasteiger partial charge >= 0.3 is 11.4 Å². The summed E-state index contributed by atoms with van der Waals surface area (Å²) in [6, 6.07) is 13.4. The van der Waals surface area contributed by atoms with E-state index in [2.05, 4.69) is 102 Å². The number of hydrogen-bond donors (Lipinski definition) is 7. The van der Waals surface area contributed by atoms with Gasteiger partial charge in [0, 0.05) is 70.1 Å². The number of amides is 6. The highest BCUT2D eigenvalue weighted by Crippen LogP contribution is 2.40. The number of unbranched alkanes of at least 4 members (excludes halogenated alkanes) is 2. The van der Waals surface area contributed by atoms with Crippen LogP contribution in [0.4, 0.5) is 40.6 Å². The number of carbonyl (C=O) groups excluding carboxylic acids is 6. The Balaban J connectivity index is 0.000000183. The molecular weight excluding hydrogens is 1540 g/mol. The number of imide groups is 2. The monoisotopic (exact) mass is 1640 g/mol. The second kappa shape index (κ2) is 35.4. The number of imidazole rings is 2. The summed E-state index contributed by atoms with van der Waals surface area (Å²) in [6.45, 7) is 6.10. The quantitative estimate of drug-likeness (QED) is 0.0144. The van der Waals surface area contributed by atoms with E-state index in [1.165, 1.54) is 43.0 Å². The number of hydrogen-bond acceptors (Lipinski definition) is 20. The van der Waals surface area contributed by atoms with Gasteiger partial charge in [-0.15, -0.1) is 0 Å². The largest absolute Gasteiger partial charge is 0.374 e. The molecule has 6 aliphatic heterocycles. The predicted molar refractivity (Wildman–Crippen MR) is 433 cm³/mol. The van der Waals surface area contributed by atoms with Crippen LogP contribution in [0.15, 0.2) is 95.3 Å². The molecule has 18 rings (SSSR count). The van der Waals surface area contributed by atoms with E-state index < -0.39 is 71.3 Å². The van der Waals surface area contributed by atoms with Gasteiger partial charge in [0.05, 0.1) is 107 Å². The van der Waals surface area contributed by atoms with Crippen LogP contribution in [0.2, 0.25) is 0 Å². The van der Waals surface area contributed by atoms with E-state index in [4.69, 9.17) is 19.4 Å². The Bertz CT molecular complexity index is 5740. The van der Waals surface area contributed by atoms with Crippen molar-refractivity contribution in [1.29, 1.82) is 0 Å². The van der Waals surface area contributed by atoms with Gasteiger partial charge in [0.2, 0.25) is 23.6 Å². The number of para-hydroxylation sites is 2. The van der Waals surface area contributed by atoms with Crippen molar-refractivity contribution >= 4 is 91.8 Å². The topological polar surface area (TPSA) is 362 Å². The summed E-state index contributed by atoms with van der Waals surface area (Å²) in [5.41, 5.74) is 2.88. The third-order valence-electron chi connectivity index (χ3n) is 23.9. The minimum atomic E-state index is -2.87. The molecule has 119 heavy (non-hydrogen) atoms. The molecule has 8 aromatic heterocycles. The molecule has 6 atom stereocenters. The zero-order valence-corrected chi connectivity index (χ0v) is 64.2. The molecule has 0 radical (unpaired) electrons. The number of benzene rings is 2. The molecule has 4 bridgehead atoms. The summed E-state index contributed by atoms with van der Waals surface area (Å²) in [7, 11) is 2.09. The highest BCUT2D eigenvalue weighted by Gasteiger charge is 2.42. The fourth-order valence-corrected chi connectivity index (χ4v) is 17.9. The zero-order chi connectivity index (χ0) is 80.7. The van der Waals surface area contributed by atoms with Crippen LogP contribution in [0.3, 0.4) is 0 Å². The van der Waals surface area contributed by atoms with Crippen molar-refractivity contribution in [1.82, 2.24) is 88.7 Å². The number of fused-ring (bicyclic) bond motifs is 8. The van der Waals surface area contributed by atoms with Crippen molar-refractivity contribution < 1.29 is 55.8 Å². The third-order valence-corrected chi connectivity index (χ3v) is 23.9. The highest BCUT2D eigenvalue weighted by atomic mass is 19.3. The Labute approximate surface area is 680 Å². The van der Waals surface area contributed by atoms with E-state index in [9.17, 15) is 55.9 Å². The number of nitrogens with one attached hydrogen (secondary N) is 7. The summed E-state index contributed by atoms with van der Waals surface area (Å²) in [6.07, 6.45) is 16.4. The Morgan fingerprint density at radius 1 is 0.588 bits per heavy atom. The lowest BCUT2D eigenvalue weighted by atomic mass is 9.86. The first-order valence-corrected chi connectivity index (χ1v) is 40.1. The first-order valence-electron chi connectivity index (χ1n) is 40.1. The number of aromatic amines is 2. The lowest BCUT2D eigenvalue weighted by Crippen LogP contribution is -2.43. The normalized spacial score (nSPS) is 22.7. The van der Waals surface area contributed by atoms with Crippen molar-refractivity contribution in [2.75, 3.05) is 80.0 Å². The maximum atomic E-state index is 14.2. The van der Waals surface area contributed by atoms with Crippen LogP contribution in [-0.2, 0) is 28.7 Å². The van der Waals surface area contributed by atoms with Crippen molar-refractivity contribution in [3.63, 3.8) is 0 Å². The molecule has 14 heterocycles. The standard InChI is InChI=1S/C41H45F2N11O5.C40H43F2N11O5.2CH4/c1-50(16-4-2-3-6-25-7-5-8-31-35(25)48-41(58)54(31)32-13-14-34(55)47-40(32)57)20-24-9-11-26(12-10-24)53-22-30(36(49-53)37(42)43)45-39(56)29-19-44-52-17-15-33(46-38(29)52)51-21-28-18-27(51)23-59-28;41-36(42)35-29(45-38(55)28-19-44-51-16-14-32(46-37(28)51)50-20-27-17-26(50)22-58-27)21-52(49-35)25-10-8-23(9-11-25)18-43-15-3-1-2-5-24-6-4-7-30-34(24)48-40(57)53(30)31-12-13-33(54)47-39(31)56;;/h5,7-8,15,17,19,22,24,26-28,32,37H,2,4,9-14,16,18,20-21,23H2,1H3,(H,45,56)(H,48,58)(H,47,55,57);4,6-7,14,16,19,21,23,25-27,31,36,43H,1,3,8-13,15,17-18,20,22H2,(H,45,55)(H,48,57)(H,47,54,56);2*1H4/t24?,26?,27-,28-,32?;23?,25?,26-,27-,31?;;/m11../s1. The van der Waals surface area contributed by atoms with Gasteiger partial charge in [0.15, 0.2) is 22.7 Å². The van der Waals surface area contributed by atoms with E-state index in [1.54, 1.807) is 46.0 Å². The molecule has 2 aromatic carbocycles. The highest BCUT2D eigenvalue weighted by molar-refractivity contribution is 6.09. The van der Waals surface area contributed by atoms with Crippen LogP contribution in [0, 0.1) is 35.5 Å². The average molecular weight is 1640 g/mol. The van der Waals surface area contributed by atoms with Gasteiger partial charge < -0.3 is 50.1 Å². The van der Waals surface area contributed by atoms with Crippen molar-refractivity contribution in [2.45, 2.75) is 192 Å². The molecule has 10 aromatic rings. The number of carbonyl (C=O) groups is 6. The second-order valence-electron chi connectivity index (χ2n) is 31.6. The molecular formula is C83H96F4N22O10. The van der Waals surface area contributed by atoms with E-state index in [-0.39, 0.29) is 111 Å². The van der Waals surface area contributed by atoms with Crippen LogP contribution in [0.25, 0.3) is 33.4 Å². The molecule has 32 nitrogen and oxygen atoms in total. The van der Waals surface area contributed by atoms with Gasteiger partial charge in [-0.25, -0.2) is 46.1 Å². The molecule has 6 amide bonds. The summed E-state index contributed by atoms with van der Waals surface area (Å²) >= 11 is 0. The number of morpholine rings is 2. The van der Waals surface area contributed by atoms with Crippen LogP contribution in [0.1, 0.15) is 211 Å². The Kier molecular flexibility index (Phi) is 24.4. The number of rotatable bonds is 22. The Morgan fingerprint density at radius 3 is 1.49 bits per heavy atom. The summed E-state index contributed by atoms with van der Waals surface area (Å²) in [5, 5.41) is 30.5. The van der Waals surface area contributed by atoms with Crippen molar-refractivity contribution in [3.8, 4) is 23.7 Å². The number of alkyl halides is 4. The van der Waals surface area contributed by atoms with Gasteiger partial charge in [-0.2, -0.15) is 20.4 Å². The lowest BCUT2D eigenvalue weighted by Gasteiger charge is -2.31.